The Balaban J connectivity index is 1.54. The van der Waals surface area contributed by atoms with Gasteiger partial charge in [-0.15, -0.1) is 0 Å². The molecule has 1 aromatic rings. The molecule has 96 valence electrons. The summed E-state index contributed by atoms with van der Waals surface area (Å²) >= 11 is 0. The van der Waals surface area contributed by atoms with E-state index >= 15 is 0 Å². The van der Waals surface area contributed by atoms with Crippen LogP contribution in [0, 0.1) is 24.7 Å². The van der Waals surface area contributed by atoms with Gasteiger partial charge in [0.2, 0.25) is 0 Å². The molecule has 4 atom stereocenters. The quantitative estimate of drug-likeness (QED) is 0.789. The van der Waals surface area contributed by atoms with E-state index in [1.165, 1.54) is 30.5 Å². The minimum Gasteiger partial charge on any atom is -0.310 e. The third kappa shape index (κ3) is 2.37. The smallest absolute Gasteiger partial charge is 0.0291 e. The number of hydrogen-bond donors (Lipinski definition) is 1. The van der Waals surface area contributed by atoms with Gasteiger partial charge in [0, 0.05) is 6.04 Å². The van der Waals surface area contributed by atoms with Gasteiger partial charge in [-0.1, -0.05) is 42.0 Å². The average molecular weight is 241 g/mol. The maximum atomic E-state index is 3.71. The van der Waals surface area contributed by atoms with E-state index in [0.717, 1.165) is 17.8 Å². The van der Waals surface area contributed by atoms with Crippen LogP contribution < -0.4 is 5.32 Å². The van der Waals surface area contributed by atoms with E-state index in [9.17, 15) is 0 Å². The first-order valence-corrected chi connectivity index (χ1v) is 7.20. The molecule has 0 aromatic heterocycles. The van der Waals surface area contributed by atoms with Crippen LogP contribution >= 0.6 is 0 Å². The Morgan fingerprint density at radius 1 is 1.17 bits per heavy atom. The molecule has 0 radical (unpaired) electrons. The van der Waals surface area contributed by atoms with Gasteiger partial charge in [-0.2, -0.15) is 0 Å². The summed E-state index contributed by atoms with van der Waals surface area (Å²) in [5.74, 6) is 2.61. The molecule has 1 N–H and O–H groups in total. The molecule has 1 saturated carbocycles. The lowest BCUT2D eigenvalue weighted by Gasteiger charge is -2.22. The van der Waals surface area contributed by atoms with E-state index < -0.39 is 0 Å². The van der Waals surface area contributed by atoms with Crippen LogP contribution in [0.1, 0.15) is 36.9 Å². The summed E-state index contributed by atoms with van der Waals surface area (Å²) in [4.78, 5) is 0. The van der Waals surface area contributed by atoms with Crippen molar-refractivity contribution in [1.82, 2.24) is 5.32 Å². The fraction of sp³-hybridized carbons (Fsp3) is 0.529. The van der Waals surface area contributed by atoms with Crippen molar-refractivity contribution >= 4 is 0 Å². The minimum absolute atomic E-state index is 0.466. The number of fused-ring (bicyclic) bond motifs is 2. The predicted octanol–water partition coefficient (Wildman–Crippen LogP) is 3.86. The summed E-state index contributed by atoms with van der Waals surface area (Å²) < 4.78 is 0. The largest absolute Gasteiger partial charge is 0.310 e. The Kier molecular flexibility index (Phi) is 3.25. The van der Waals surface area contributed by atoms with Gasteiger partial charge < -0.3 is 5.32 Å². The average Bonchev–Trinajstić information content (AvgIpc) is 2.99. The second-order valence-electron chi connectivity index (χ2n) is 6.08. The number of allylic oxidation sites excluding steroid dienone is 2. The van der Waals surface area contributed by atoms with Gasteiger partial charge >= 0.3 is 0 Å². The van der Waals surface area contributed by atoms with E-state index in [-0.39, 0.29) is 0 Å². The second kappa shape index (κ2) is 4.89. The summed E-state index contributed by atoms with van der Waals surface area (Å²) in [7, 11) is 0. The van der Waals surface area contributed by atoms with Gasteiger partial charge in [0.15, 0.2) is 0 Å². The van der Waals surface area contributed by atoms with Crippen molar-refractivity contribution < 1.29 is 0 Å². The highest BCUT2D eigenvalue weighted by atomic mass is 14.9. The van der Waals surface area contributed by atoms with Crippen LogP contribution in [0.25, 0.3) is 0 Å². The van der Waals surface area contributed by atoms with Crippen LogP contribution in [-0.2, 0) is 0 Å². The lowest BCUT2D eigenvalue weighted by molar-refractivity contribution is 0.393. The molecule has 0 amide bonds. The maximum Gasteiger partial charge on any atom is 0.0291 e. The highest BCUT2D eigenvalue weighted by molar-refractivity contribution is 5.23. The van der Waals surface area contributed by atoms with Crippen LogP contribution in [0.3, 0.4) is 0 Å². The molecule has 1 aromatic carbocycles. The monoisotopic (exact) mass is 241 g/mol. The van der Waals surface area contributed by atoms with Crippen molar-refractivity contribution in [2.24, 2.45) is 17.8 Å². The number of hydrogen-bond acceptors (Lipinski definition) is 1. The molecule has 18 heavy (non-hydrogen) atoms. The highest BCUT2D eigenvalue weighted by Crippen LogP contribution is 2.43. The van der Waals surface area contributed by atoms with E-state index in [2.05, 4.69) is 55.6 Å². The summed E-state index contributed by atoms with van der Waals surface area (Å²) in [6.45, 7) is 5.58. The van der Waals surface area contributed by atoms with Crippen molar-refractivity contribution in [3.05, 3.63) is 47.5 Å². The van der Waals surface area contributed by atoms with Crippen LogP contribution in [-0.4, -0.2) is 6.54 Å². The second-order valence-corrected chi connectivity index (χ2v) is 6.08. The lowest BCUT2D eigenvalue weighted by atomic mass is 9.93. The topological polar surface area (TPSA) is 12.0 Å². The zero-order valence-electron chi connectivity index (χ0n) is 11.4. The lowest BCUT2D eigenvalue weighted by Crippen LogP contribution is -2.27. The van der Waals surface area contributed by atoms with Crippen molar-refractivity contribution in [3.63, 3.8) is 0 Å². The Labute approximate surface area is 110 Å². The maximum absolute atomic E-state index is 3.71. The Morgan fingerprint density at radius 3 is 2.56 bits per heavy atom. The third-order valence-electron chi connectivity index (χ3n) is 4.68. The van der Waals surface area contributed by atoms with E-state index in [1.54, 1.807) is 0 Å². The molecule has 3 rings (SSSR count). The first-order valence-electron chi connectivity index (χ1n) is 7.20. The van der Waals surface area contributed by atoms with E-state index in [4.69, 9.17) is 0 Å². The number of benzene rings is 1. The van der Waals surface area contributed by atoms with Crippen molar-refractivity contribution in [3.8, 4) is 0 Å². The molecule has 2 aliphatic rings. The first kappa shape index (κ1) is 12.0. The summed E-state index contributed by atoms with van der Waals surface area (Å²) in [5, 5.41) is 3.71. The molecule has 0 aliphatic heterocycles. The molecule has 1 fully saturated rings. The molecule has 0 spiro atoms. The minimum atomic E-state index is 0.466. The fourth-order valence-corrected chi connectivity index (χ4v) is 3.43. The summed E-state index contributed by atoms with van der Waals surface area (Å²) in [6.07, 6.45) is 7.67. The first-order chi connectivity index (χ1) is 8.72. The zero-order valence-corrected chi connectivity index (χ0v) is 11.4. The molecule has 1 nitrogen and oxygen atoms in total. The molecular formula is C17H23N. The Bertz CT molecular complexity index is 431. The molecule has 3 unspecified atom stereocenters. The van der Waals surface area contributed by atoms with Crippen molar-refractivity contribution in [2.45, 2.75) is 32.7 Å². The van der Waals surface area contributed by atoms with Gasteiger partial charge in [0.25, 0.3) is 0 Å². The number of rotatable bonds is 4. The van der Waals surface area contributed by atoms with Gasteiger partial charge in [-0.3, -0.25) is 0 Å². The van der Waals surface area contributed by atoms with Crippen LogP contribution in [0.5, 0.6) is 0 Å². The summed E-state index contributed by atoms with van der Waals surface area (Å²) in [5.41, 5.74) is 2.74. The fourth-order valence-electron chi connectivity index (χ4n) is 3.43. The van der Waals surface area contributed by atoms with Crippen molar-refractivity contribution in [1.29, 1.82) is 0 Å². The van der Waals surface area contributed by atoms with Crippen molar-refractivity contribution in [2.75, 3.05) is 6.54 Å². The Hall–Kier alpha value is -1.08. The molecular weight excluding hydrogens is 218 g/mol. The SMILES string of the molecule is Cc1ccc([C@@H](C)NCC2CC3C=CC2C3)cc1. The van der Waals surface area contributed by atoms with Gasteiger partial charge in [-0.05, 0) is 56.6 Å². The van der Waals surface area contributed by atoms with Gasteiger partial charge in [-0.25, -0.2) is 0 Å². The van der Waals surface area contributed by atoms with E-state index in [1.807, 2.05) is 0 Å². The predicted molar refractivity (Wildman–Crippen MR) is 76.4 cm³/mol. The normalized spacial score (nSPS) is 30.9. The van der Waals surface area contributed by atoms with Gasteiger partial charge in [0.05, 0.1) is 0 Å². The molecule has 2 bridgehead atoms. The van der Waals surface area contributed by atoms with Crippen LogP contribution in [0.2, 0.25) is 0 Å². The molecule has 1 heteroatoms. The zero-order chi connectivity index (χ0) is 12.5. The Morgan fingerprint density at radius 2 is 1.94 bits per heavy atom. The third-order valence-corrected chi connectivity index (χ3v) is 4.68. The summed E-state index contributed by atoms with van der Waals surface area (Å²) in [6, 6.07) is 9.36. The number of aryl methyl sites for hydroxylation is 1. The molecule has 0 saturated heterocycles. The van der Waals surface area contributed by atoms with Gasteiger partial charge in [0.1, 0.15) is 0 Å². The van der Waals surface area contributed by atoms with Crippen LogP contribution in [0.4, 0.5) is 0 Å². The highest BCUT2D eigenvalue weighted by Gasteiger charge is 2.35. The standard InChI is InChI=1S/C17H23N/c1-12-3-6-15(7-4-12)13(2)18-11-17-10-14-5-8-16(17)9-14/h3-8,13-14,16-18H,9-11H2,1-2H3/t13-,14?,16?,17?/m1/s1. The number of nitrogens with one attached hydrogen (secondary N) is 1. The molecule has 2 aliphatic carbocycles. The molecule has 0 heterocycles. The van der Waals surface area contributed by atoms with E-state index in [0.29, 0.717) is 6.04 Å². The van der Waals surface area contributed by atoms with Crippen LogP contribution in [0.15, 0.2) is 36.4 Å².